The summed E-state index contributed by atoms with van der Waals surface area (Å²) >= 11 is 2.09. The third kappa shape index (κ3) is 3.34. The van der Waals surface area contributed by atoms with Crippen molar-refractivity contribution in [3.8, 4) is 0 Å². The number of oxazole rings is 1. The summed E-state index contributed by atoms with van der Waals surface area (Å²) < 4.78 is 5.87. The van der Waals surface area contributed by atoms with Gasteiger partial charge in [-0.05, 0) is 24.8 Å². The first-order valence-corrected chi connectivity index (χ1v) is 6.06. The fourth-order valence-corrected chi connectivity index (χ4v) is 1.95. The zero-order valence-corrected chi connectivity index (χ0v) is 10.5. The predicted octanol–water partition coefficient (Wildman–Crippen LogP) is 3.45. The first kappa shape index (κ1) is 10.7. The quantitative estimate of drug-likeness (QED) is 0.808. The largest absolute Gasteiger partial charge is 0.440 e. The van der Waals surface area contributed by atoms with Crippen molar-refractivity contribution in [3.05, 3.63) is 51.7 Å². The van der Waals surface area contributed by atoms with Gasteiger partial charge in [0.1, 0.15) is 6.26 Å². The van der Waals surface area contributed by atoms with E-state index in [2.05, 4.69) is 51.8 Å². The Morgan fingerprint density at radius 2 is 1.93 bits per heavy atom. The molecule has 0 fully saturated rings. The second-order valence-electron chi connectivity index (χ2n) is 3.43. The van der Waals surface area contributed by atoms with Gasteiger partial charge < -0.3 is 4.42 Å². The van der Waals surface area contributed by atoms with Crippen LogP contribution in [0.25, 0.3) is 0 Å². The number of halogens is 1. The van der Waals surface area contributed by atoms with Crippen molar-refractivity contribution in [1.29, 1.82) is 0 Å². The van der Waals surface area contributed by atoms with Gasteiger partial charge in [-0.15, -0.1) is 0 Å². The van der Waals surface area contributed by atoms with Gasteiger partial charge in [0, 0.05) is 22.6 Å². The topological polar surface area (TPSA) is 26.0 Å². The van der Waals surface area contributed by atoms with Crippen molar-refractivity contribution in [2.45, 2.75) is 19.3 Å². The molecule has 0 unspecified atom stereocenters. The molecule has 3 heteroatoms. The van der Waals surface area contributed by atoms with E-state index in [0.29, 0.717) is 0 Å². The van der Waals surface area contributed by atoms with E-state index in [0.717, 1.165) is 28.9 Å². The minimum Gasteiger partial charge on any atom is -0.440 e. The Bertz CT molecular complexity index is 411. The van der Waals surface area contributed by atoms with Gasteiger partial charge in [-0.1, -0.05) is 30.3 Å². The summed E-state index contributed by atoms with van der Waals surface area (Å²) in [5.41, 5.74) is 2.44. The summed E-state index contributed by atoms with van der Waals surface area (Å²) in [4.78, 5) is 4.26. The highest BCUT2D eigenvalue weighted by Gasteiger charge is 2.00. The van der Waals surface area contributed by atoms with Crippen LogP contribution in [0.5, 0.6) is 0 Å². The van der Waals surface area contributed by atoms with Gasteiger partial charge in [-0.2, -0.15) is 0 Å². The normalized spacial score (nSPS) is 10.5. The van der Waals surface area contributed by atoms with Crippen LogP contribution in [-0.2, 0) is 12.8 Å². The van der Waals surface area contributed by atoms with Crippen LogP contribution < -0.4 is 0 Å². The first-order valence-electron chi connectivity index (χ1n) is 4.98. The Balaban J connectivity index is 1.80. The molecule has 78 valence electrons. The van der Waals surface area contributed by atoms with E-state index in [-0.39, 0.29) is 0 Å². The SMILES string of the molecule is Ic1nc(CCCc2ccccc2)co1. The van der Waals surface area contributed by atoms with Gasteiger partial charge in [0.25, 0.3) is 3.90 Å². The molecule has 1 aromatic heterocycles. The molecule has 2 rings (SSSR count). The number of rotatable bonds is 4. The minimum absolute atomic E-state index is 0.724. The fraction of sp³-hybridized carbons (Fsp3) is 0.250. The van der Waals surface area contributed by atoms with Crippen molar-refractivity contribution >= 4 is 22.6 Å². The van der Waals surface area contributed by atoms with Gasteiger partial charge >= 0.3 is 0 Å². The Hall–Kier alpha value is -0.840. The van der Waals surface area contributed by atoms with Crippen LogP contribution in [0.4, 0.5) is 0 Å². The Kier molecular flexibility index (Phi) is 3.77. The van der Waals surface area contributed by atoms with Crippen LogP contribution in [0.3, 0.4) is 0 Å². The molecular formula is C12H12INO. The number of aryl methyl sites for hydroxylation is 2. The van der Waals surface area contributed by atoms with Crippen LogP contribution in [0.1, 0.15) is 17.7 Å². The predicted molar refractivity (Wildman–Crippen MR) is 67.7 cm³/mol. The summed E-state index contributed by atoms with van der Waals surface area (Å²) in [5.74, 6) is 0. The molecule has 0 atom stereocenters. The van der Waals surface area contributed by atoms with Crippen molar-refractivity contribution < 1.29 is 4.42 Å². The number of hydrogen-bond donors (Lipinski definition) is 0. The van der Waals surface area contributed by atoms with E-state index in [1.54, 1.807) is 6.26 Å². The zero-order valence-electron chi connectivity index (χ0n) is 8.32. The number of nitrogens with zero attached hydrogens (tertiary/aromatic N) is 1. The molecule has 1 heterocycles. The van der Waals surface area contributed by atoms with E-state index in [1.807, 2.05) is 6.07 Å². The van der Waals surface area contributed by atoms with E-state index in [4.69, 9.17) is 4.42 Å². The second kappa shape index (κ2) is 5.30. The molecular weight excluding hydrogens is 301 g/mol. The lowest BCUT2D eigenvalue weighted by Gasteiger charge is -1.98. The van der Waals surface area contributed by atoms with Gasteiger partial charge in [0.05, 0.1) is 5.69 Å². The summed E-state index contributed by atoms with van der Waals surface area (Å²) in [7, 11) is 0. The molecule has 0 radical (unpaired) electrons. The molecule has 0 N–H and O–H groups in total. The van der Waals surface area contributed by atoms with Gasteiger partial charge in [0.15, 0.2) is 0 Å². The highest BCUT2D eigenvalue weighted by Crippen LogP contribution is 2.09. The number of benzene rings is 1. The van der Waals surface area contributed by atoms with Crippen LogP contribution >= 0.6 is 22.6 Å². The lowest BCUT2D eigenvalue weighted by Crippen LogP contribution is -1.90. The average molecular weight is 313 g/mol. The van der Waals surface area contributed by atoms with Gasteiger partial charge in [-0.25, -0.2) is 4.98 Å². The molecule has 0 aliphatic heterocycles. The third-order valence-corrected chi connectivity index (χ3v) is 2.76. The Labute approximate surface area is 103 Å². The Morgan fingerprint density at radius 3 is 2.60 bits per heavy atom. The van der Waals surface area contributed by atoms with E-state index < -0.39 is 0 Å². The van der Waals surface area contributed by atoms with Crippen LogP contribution in [0.15, 0.2) is 41.0 Å². The Morgan fingerprint density at radius 1 is 1.13 bits per heavy atom. The van der Waals surface area contributed by atoms with E-state index in [9.17, 15) is 0 Å². The molecule has 1 aromatic carbocycles. The van der Waals surface area contributed by atoms with Crippen LogP contribution in [0.2, 0.25) is 0 Å². The maximum Gasteiger partial charge on any atom is 0.257 e. The molecule has 0 saturated heterocycles. The molecule has 2 aromatic rings. The van der Waals surface area contributed by atoms with Crippen LogP contribution in [-0.4, -0.2) is 4.98 Å². The summed E-state index contributed by atoms with van der Waals surface area (Å²) in [6, 6.07) is 10.5. The van der Waals surface area contributed by atoms with Crippen molar-refractivity contribution in [3.63, 3.8) is 0 Å². The van der Waals surface area contributed by atoms with Crippen molar-refractivity contribution in [1.82, 2.24) is 4.98 Å². The lowest BCUT2D eigenvalue weighted by atomic mass is 10.1. The average Bonchev–Trinajstić information content (AvgIpc) is 2.66. The molecule has 0 bridgehead atoms. The van der Waals surface area contributed by atoms with Crippen molar-refractivity contribution in [2.24, 2.45) is 0 Å². The van der Waals surface area contributed by atoms with E-state index >= 15 is 0 Å². The lowest BCUT2D eigenvalue weighted by molar-refractivity contribution is 0.524. The highest BCUT2D eigenvalue weighted by molar-refractivity contribution is 14.1. The fourth-order valence-electron chi connectivity index (χ4n) is 1.52. The molecule has 0 aliphatic rings. The number of hydrogen-bond acceptors (Lipinski definition) is 2. The van der Waals surface area contributed by atoms with Gasteiger partial charge in [0.2, 0.25) is 0 Å². The van der Waals surface area contributed by atoms with Crippen LogP contribution in [0, 0.1) is 3.90 Å². The second-order valence-corrected chi connectivity index (χ2v) is 4.35. The molecule has 2 nitrogen and oxygen atoms in total. The first-order chi connectivity index (χ1) is 7.34. The summed E-state index contributed by atoms with van der Waals surface area (Å²) in [6.07, 6.45) is 4.95. The summed E-state index contributed by atoms with van der Waals surface area (Å²) in [5, 5.41) is 0. The van der Waals surface area contributed by atoms with Gasteiger partial charge in [-0.3, -0.25) is 0 Å². The molecule has 0 saturated carbocycles. The van der Waals surface area contributed by atoms with Crippen molar-refractivity contribution in [2.75, 3.05) is 0 Å². The third-order valence-electron chi connectivity index (χ3n) is 2.26. The number of aromatic nitrogens is 1. The molecule has 15 heavy (non-hydrogen) atoms. The maximum absolute atomic E-state index is 5.14. The molecule has 0 spiro atoms. The zero-order chi connectivity index (χ0) is 10.5. The molecule has 0 amide bonds. The van der Waals surface area contributed by atoms with E-state index in [1.165, 1.54) is 5.56 Å². The summed E-state index contributed by atoms with van der Waals surface area (Å²) in [6.45, 7) is 0. The minimum atomic E-state index is 0.724. The smallest absolute Gasteiger partial charge is 0.257 e. The molecule has 0 aliphatic carbocycles. The monoisotopic (exact) mass is 313 g/mol. The highest BCUT2D eigenvalue weighted by atomic mass is 127. The maximum atomic E-state index is 5.14. The standard InChI is InChI=1S/C12H12INO/c13-12-14-11(9-15-12)8-4-7-10-5-2-1-3-6-10/h1-3,5-6,9H,4,7-8H2.